The van der Waals surface area contributed by atoms with Crippen LogP contribution in [0.4, 0.5) is 4.39 Å². The number of benzene rings is 1. The Bertz CT molecular complexity index is 1300. The van der Waals surface area contributed by atoms with E-state index in [1.54, 1.807) is 58.0 Å². The number of amides is 2. The third-order valence-electron chi connectivity index (χ3n) is 6.76. The molecule has 1 saturated heterocycles. The number of fused-ring (bicyclic) bond motifs is 1. The van der Waals surface area contributed by atoms with Gasteiger partial charge in [0.05, 0.1) is 4.88 Å². The average molecular weight is 492 g/mol. The van der Waals surface area contributed by atoms with Crippen LogP contribution in [-0.4, -0.2) is 62.4 Å². The molecule has 1 fully saturated rings. The average Bonchev–Trinajstić information content (AvgIpc) is 3.57. The Morgan fingerprint density at radius 1 is 1.17 bits per heavy atom. The first-order valence-corrected chi connectivity index (χ1v) is 12.5. The molecule has 0 N–H and O–H groups in total. The van der Waals surface area contributed by atoms with Crippen LogP contribution in [0.2, 0.25) is 0 Å². The summed E-state index contributed by atoms with van der Waals surface area (Å²) in [6, 6.07) is 13.7. The van der Waals surface area contributed by atoms with Gasteiger partial charge in [-0.15, -0.1) is 11.3 Å². The molecule has 0 unspecified atom stereocenters. The van der Waals surface area contributed by atoms with E-state index < -0.39 is 0 Å². The fourth-order valence-corrected chi connectivity index (χ4v) is 5.52. The minimum absolute atomic E-state index is 0.0583. The Morgan fingerprint density at radius 2 is 1.97 bits per heavy atom. The second-order valence-corrected chi connectivity index (χ2v) is 9.79. The van der Waals surface area contributed by atoms with E-state index in [1.165, 1.54) is 17.4 Å². The van der Waals surface area contributed by atoms with E-state index in [0.29, 0.717) is 41.3 Å². The fraction of sp³-hybridized carbons (Fsp3) is 0.308. The molecule has 5 rings (SSSR count). The molecule has 4 heterocycles. The predicted octanol–water partition coefficient (Wildman–Crippen LogP) is 4.17. The quantitative estimate of drug-likeness (QED) is 0.406. The molecule has 3 aromatic heterocycles. The zero-order valence-corrected chi connectivity index (χ0v) is 20.2. The van der Waals surface area contributed by atoms with Crippen molar-refractivity contribution in [1.29, 1.82) is 0 Å². The van der Waals surface area contributed by atoms with Gasteiger partial charge in [-0.25, -0.2) is 13.9 Å². The molecule has 1 aromatic carbocycles. The summed E-state index contributed by atoms with van der Waals surface area (Å²) in [4.78, 5) is 34.7. The molecule has 9 heteroatoms. The number of aromatic nitrogens is 3. The van der Waals surface area contributed by atoms with Crippen LogP contribution in [0.3, 0.4) is 0 Å². The number of rotatable bonds is 6. The van der Waals surface area contributed by atoms with Crippen LogP contribution in [0.15, 0.2) is 66.3 Å². The summed E-state index contributed by atoms with van der Waals surface area (Å²) in [7, 11) is 1.80. The lowest BCUT2D eigenvalue weighted by Crippen LogP contribution is -2.48. The Morgan fingerprint density at radius 3 is 2.69 bits per heavy atom. The lowest BCUT2D eigenvalue weighted by atomic mass is 9.84. The zero-order chi connectivity index (χ0) is 24.4. The maximum Gasteiger partial charge on any atom is 0.274 e. The third-order valence-corrected chi connectivity index (χ3v) is 7.62. The van der Waals surface area contributed by atoms with Crippen molar-refractivity contribution < 1.29 is 14.0 Å². The van der Waals surface area contributed by atoms with Crippen LogP contribution in [0.5, 0.6) is 0 Å². The van der Waals surface area contributed by atoms with Gasteiger partial charge < -0.3 is 9.80 Å². The largest absolute Gasteiger partial charge is 0.337 e. The molecule has 1 aliphatic rings. The summed E-state index contributed by atoms with van der Waals surface area (Å²) >= 11 is 1.40. The van der Waals surface area contributed by atoms with Crippen molar-refractivity contribution in [1.82, 2.24) is 24.4 Å². The molecule has 7 nitrogen and oxygen atoms in total. The number of piperidine rings is 1. The van der Waals surface area contributed by atoms with Crippen molar-refractivity contribution in [2.24, 2.45) is 5.92 Å². The first kappa shape index (κ1) is 23.2. The van der Waals surface area contributed by atoms with E-state index in [2.05, 4.69) is 10.1 Å². The van der Waals surface area contributed by atoms with E-state index in [1.807, 2.05) is 23.6 Å². The number of carbonyl (C=O) groups excluding carboxylic acids is 2. The molecule has 35 heavy (non-hydrogen) atoms. The van der Waals surface area contributed by atoms with Crippen LogP contribution in [0.25, 0.3) is 5.65 Å². The second-order valence-electron chi connectivity index (χ2n) is 8.84. The van der Waals surface area contributed by atoms with Gasteiger partial charge >= 0.3 is 0 Å². The van der Waals surface area contributed by atoms with Crippen LogP contribution >= 0.6 is 11.3 Å². The number of thiophene rings is 1. The van der Waals surface area contributed by atoms with Gasteiger partial charge in [0.25, 0.3) is 11.8 Å². The minimum atomic E-state index is -0.262. The summed E-state index contributed by atoms with van der Waals surface area (Å²) in [5.41, 5.74) is 1.60. The molecule has 2 amide bonds. The first-order chi connectivity index (χ1) is 17.0. The molecular weight excluding hydrogens is 465 g/mol. The number of likely N-dealkylation sites (N-methyl/N-ethyl adjacent to an activating group) is 1. The topological polar surface area (TPSA) is 70.8 Å². The molecule has 0 radical (unpaired) electrons. The first-order valence-electron chi connectivity index (χ1n) is 11.6. The highest BCUT2D eigenvalue weighted by Crippen LogP contribution is 2.29. The minimum Gasteiger partial charge on any atom is -0.337 e. The zero-order valence-electron chi connectivity index (χ0n) is 19.4. The standard InChI is InChI=1S/C26H26FN5O2S/c1-30(26(34)23-8-4-15-35-23)22(16-19-6-2-3-7-20(19)27)18-9-13-31(14-10-18)25(33)21-17-24-28-11-5-12-32(24)29-21/h2-8,11-12,15,17-18,22H,9-10,13-14,16H2,1H3/t22-/m0/s1. The Kier molecular flexibility index (Phi) is 6.59. The van der Waals surface area contributed by atoms with Gasteiger partial charge in [-0.2, -0.15) is 5.10 Å². The van der Waals surface area contributed by atoms with Gasteiger partial charge in [-0.1, -0.05) is 24.3 Å². The van der Waals surface area contributed by atoms with E-state index in [0.717, 1.165) is 12.8 Å². The lowest BCUT2D eigenvalue weighted by Gasteiger charge is -2.40. The number of hydrogen-bond donors (Lipinski definition) is 0. The molecule has 180 valence electrons. The van der Waals surface area contributed by atoms with E-state index in [9.17, 15) is 14.0 Å². The predicted molar refractivity (Wildman–Crippen MR) is 132 cm³/mol. The highest BCUT2D eigenvalue weighted by atomic mass is 32.1. The molecule has 0 spiro atoms. The van der Waals surface area contributed by atoms with Crippen molar-refractivity contribution in [2.45, 2.75) is 25.3 Å². The molecule has 0 bridgehead atoms. The summed E-state index contributed by atoms with van der Waals surface area (Å²) in [5.74, 6) is -0.308. The van der Waals surface area contributed by atoms with Crippen LogP contribution < -0.4 is 0 Å². The summed E-state index contributed by atoms with van der Waals surface area (Å²) in [6.07, 6.45) is 5.30. The normalized spacial score (nSPS) is 15.3. The number of halogens is 1. The number of carbonyl (C=O) groups is 2. The Labute approximate surface area is 206 Å². The third kappa shape index (κ3) is 4.81. The van der Waals surface area contributed by atoms with Crippen LogP contribution in [0.1, 0.15) is 38.6 Å². The summed E-state index contributed by atoms with van der Waals surface area (Å²) in [6.45, 7) is 1.11. The second kappa shape index (κ2) is 9.95. The van der Waals surface area contributed by atoms with Gasteiger partial charge in [0.15, 0.2) is 11.3 Å². The summed E-state index contributed by atoms with van der Waals surface area (Å²) < 4.78 is 16.1. The maximum absolute atomic E-state index is 14.5. The van der Waals surface area contributed by atoms with Crippen LogP contribution in [-0.2, 0) is 6.42 Å². The molecule has 4 aromatic rings. The van der Waals surface area contributed by atoms with Crippen molar-refractivity contribution in [3.05, 3.63) is 88.3 Å². The molecule has 0 aliphatic carbocycles. The smallest absolute Gasteiger partial charge is 0.274 e. The fourth-order valence-electron chi connectivity index (χ4n) is 4.82. The number of nitrogens with zero attached hydrogens (tertiary/aromatic N) is 5. The highest BCUT2D eigenvalue weighted by molar-refractivity contribution is 7.12. The monoisotopic (exact) mass is 491 g/mol. The Hall–Kier alpha value is -3.59. The van der Waals surface area contributed by atoms with Crippen LogP contribution in [0, 0.1) is 11.7 Å². The molecular formula is C26H26FN5O2S. The van der Waals surface area contributed by atoms with E-state index in [4.69, 9.17) is 0 Å². The number of likely N-dealkylation sites (tertiary alicyclic amines) is 1. The van der Waals surface area contributed by atoms with Gasteiger partial charge in [0.2, 0.25) is 0 Å². The Balaban J connectivity index is 1.32. The van der Waals surface area contributed by atoms with Gasteiger partial charge in [-0.3, -0.25) is 9.59 Å². The van der Waals surface area contributed by atoms with Gasteiger partial charge in [0, 0.05) is 44.6 Å². The van der Waals surface area contributed by atoms with E-state index >= 15 is 0 Å². The van der Waals surface area contributed by atoms with E-state index in [-0.39, 0.29) is 29.6 Å². The molecule has 0 saturated carbocycles. The van der Waals surface area contributed by atoms with Gasteiger partial charge in [0.1, 0.15) is 5.82 Å². The van der Waals surface area contributed by atoms with Crippen molar-refractivity contribution in [2.75, 3.05) is 20.1 Å². The SMILES string of the molecule is CN(C(=O)c1cccs1)[C@@H](Cc1ccccc1F)C1CCN(C(=O)c2cc3ncccn3n2)CC1. The molecule has 1 atom stereocenters. The molecule has 1 aliphatic heterocycles. The maximum atomic E-state index is 14.5. The lowest BCUT2D eigenvalue weighted by molar-refractivity contribution is 0.0521. The van der Waals surface area contributed by atoms with Crippen molar-refractivity contribution >= 4 is 28.8 Å². The van der Waals surface area contributed by atoms with Gasteiger partial charge in [-0.05, 0) is 54.3 Å². The summed E-state index contributed by atoms with van der Waals surface area (Å²) in [5, 5.41) is 6.24. The van der Waals surface area contributed by atoms with Crippen molar-refractivity contribution in [3.8, 4) is 0 Å². The highest BCUT2D eigenvalue weighted by Gasteiger charge is 2.34. The number of hydrogen-bond acceptors (Lipinski definition) is 5. The van der Waals surface area contributed by atoms with Crippen molar-refractivity contribution in [3.63, 3.8) is 0 Å².